The number of carbonyl (C=O) groups is 1. The minimum atomic E-state index is 0.0547. The van der Waals surface area contributed by atoms with Gasteiger partial charge in [-0.1, -0.05) is 0 Å². The maximum absolute atomic E-state index is 11.8. The highest BCUT2D eigenvalue weighted by Gasteiger charge is 2.30. The van der Waals surface area contributed by atoms with Gasteiger partial charge in [-0.3, -0.25) is 4.79 Å². The largest absolute Gasteiger partial charge is 0.378 e. The lowest BCUT2D eigenvalue weighted by Crippen LogP contribution is -2.33. The number of carbonyl (C=O) groups excluding carboxylic acids is 1. The number of hydrogen-bond acceptors (Lipinski definition) is 3. The Labute approximate surface area is 115 Å². The molecule has 1 aliphatic carbocycles. The van der Waals surface area contributed by atoms with Gasteiger partial charge in [0.05, 0.1) is 18.0 Å². The van der Waals surface area contributed by atoms with E-state index in [4.69, 9.17) is 4.74 Å². The van der Waals surface area contributed by atoms with E-state index in [-0.39, 0.29) is 5.91 Å². The molecular weight excluding hydrogens is 296 g/mol. The Balaban J connectivity index is 1.72. The predicted octanol–water partition coefficient (Wildman–Crippen LogP) is 2.99. The third-order valence-corrected chi connectivity index (χ3v) is 3.55. The highest BCUT2D eigenvalue weighted by atomic mass is 79.9. The molecule has 0 saturated heterocycles. The van der Waals surface area contributed by atoms with Gasteiger partial charge in [0.1, 0.15) is 4.60 Å². The van der Waals surface area contributed by atoms with E-state index in [9.17, 15) is 4.79 Å². The summed E-state index contributed by atoms with van der Waals surface area (Å²) in [6.45, 7) is 2.76. The molecule has 1 heterocycles. The van der Waals surface area contributed by atoms with E-state index in [1.165, 1.54) is 0 Å². The molecule has 1 amide bonds. The summed E-state index contributed by atoms with van der Waals surface area (Å²) in [6.07, 6.45) is 4.58. The van der Waals surface area contributed by atoms with Crippen molar-refractivity contribution in [1.29, 1.82) is 0 Å². The average molecular weight is 313 g/mol. The number of nitrogens with zero attached hydrogens (tertiary/aromatic N) is 1. The second kappa shape index (κ2) is 6.29. The third kappa shape index (κ3) is 3.78. The smallest absolute Gasteiger partial charge is 0.224 e. The van der Waals surface area contributed by atoms with Crippen LogP contribution in [0, 0.1) is 5.92 Å². The lowest BCUT2D eigenvalue weighted by molar-refractivity contribution is -0.119. The van der Waals surface area contributed by atoms with Crippen LogP contribution in [0.25, 0.3) is 0 Å². The van der Waals surface area contributed by atoms with E-state index in [1.807, 2.05) is 19.1 Å². The molecule has 1 aromatic rings. The average Bonchev–Trinajstić information content (AvgIpc) is 2.29. The Kier molecular flexibility index (Phi) is 4.72. The monoisotopic (exact) mass is 312 g/mol. The van der Waals surface area contributed by atoms with Crippen LogP contribution >= 0.6 is 15.9 Å². The lowest BCUT2D eigenvalue weighted by atomic mass is 9.80. The van der Waals surface area contributed by atoms with Crippen molar-refractivity contribution in [3.8, 4) is 0 Å². The topological polar surface area (TPSA) is 51.2 Å². The first kappa shape index (κ1) is 13.5. The maximum atomic E-state index is 11.8. The fourth-order valence-corrected chi connectivity index (χ4v) is 2.37. The van der Waals surface area contributed by atoms with Gasteiger partial charge in [-0.15, -0.1) is 0 Å². The summed E-state index contributed by atoms with van der Waals surface area (Å²) in [6, 6.07) is 3.64. The molecule has 1 saturated carbocycles. The number of amides is 1. The molecule has 1 aromatic heterocycles. The number of rotatable bonds is 5. The summed E-state index contributed by atoms with van der Waals surface area (Å²) < 4.78 is 6.24. The van der Waals surface area contributed by atoms with Gasteiger partial charge >= 0.3 is 0 Å². The van der Waals surface area contributed by atoms with E-state index in [0.717, 1.165) is 29.7 Å². The minimum Gasteiger partial charge on any atom is -0.378 e. The Bertz CT molecular complexity index is 402. The SMILES string of the molecule is CCOC1CC(CC(=O)Nc2ccc(Br)nc2)C1. The van der Waals surface area contributed by atoms with E-state index in [0.29, 0.717) is 18.4 Å². The van der Waals surface area contributed by atoms with Gasteiger partial charge in [-0.2, -0.15) is 0 Å². The fraction of sp³-hybridized carbons (Fsp3) is 0.538. The molecule has 98 valence electrons. The Morgan fingerprint density at radius 2 is 2.33 bits per heavy atom. The van der Waals surface area contributed by atoms with Crippen LogP contribution in [0.15, 0.2) is 22.9 Å². The van der Waals surface area contributed by atoms with Gasteiger partial charge in [-0.05, 0) is 53.7 Å². The van der Waals surface area contributed by atoms with Crippen LogP contribution < -0.4 is 5.32 Å². The zero-order valence-corrected chi connectivity index (χ0v) is 11.9. The van der Waals surface area contributed by atoms with Crippen LogP contribution in [0.3, 0.4) is 0 Å². The fourth-order valence-electron chi connectivity index (χ4n) is 2.14. The van der Waals surface area contributed by atoms with Crippen LogP contribution in [0.4, 0.5) is 5.69 Å². The first-order valence-electron chi connectivity index (χ1n) is 6.20. The molecule has 1 fully saturated rings. The van der Waals surface area contributed by atoms with Gasteiger partial charge in [0.2, 0.25) is 5.91 Å². The normalized spacial score (nSPS) is 22.3. The van der Waals surface area contributed by atoms with Crippen molar-refractivity contribution in [1.82, 2.24) is 4.98 Å². The number of hydrogen-bond donors (Lipinski definition) is 1. The summed E-state index contributed by atoms with van der Waals surface area (Å²) in [5.41, 5.74) is 0.740. The summed E-state index contributed by atoms with van der Waals surface area (Å²) >= 11 is 3.26. The number of aromatic nitrogens is 1. The molecule has 0 bridgehead atoms. The van der Waals surface area contributed by atoms with Crippen molar-refractivity contribution in [3.63, 3.8) is 0 Å². The second-order valence-corrected chi connectivity index (χ2v) is 5.35. The molecule has 0 spiro atoms. The number of ether oxygens (including phenoxy) is 1. The molecule has 0 atom stereocenters. The van der Waals surface area contributed by atoms with Crippen LogP contribution in [0.5, 0.6) is 0 Å². The zero-order chi connectivity index (χ0) is 13.0. The van der Waals surface area contributed by atoms with Crippen LogP contribution in [0.1, 0.15) is 26.2 Å². The van der Waals surface area contributed by atoms with E-state index in [1.54, 1.807) is 6.20 Å². The van der Waals surface area contributed by atoms with Crippen molar-refractivity contribution < 1.29 is 9.53 Å². The third-order valence-electron chi connectivity index (χ3n) is 3.08. The molecule has 1 aliphatic rings. The molecule has 1 N–H and O–H groups in total. The van der Waals surface area contributed by atoms with Gasteiger partial charge in [-0.25, -0.2) is 4.98 Å². The van der Waals surface area contributed by atoms with E-state index in [2.05, 4.69) is 26.2 Å². The minimum absolute atomic E-state index is 0.0547. The number of anilines is 1. The van der Waals surface area contributed by atoms with Crippen molar-refractivity contribution in [2.45, 2.75) is 32.3 Å². The highest BCUT2D eigenvalue weighted by molar-refractivity contribution is 9.10. The van der Waals surface area contributed by atoms with Gasteiger partial charge in [0.25, 0.3) is 0 Å². The van der Waals surface area contributed by atoms with Gasteiger partial charge in [0.15, 0.2) is 0 Å². The summed E-state index contributed by atoms with van der Waals surface area (Å²) in [5, 5.41) is 2.85. The first-order valence-corrected chi connectivity index (χ1v) is 6.99. The van der Waals surface area contributed by atoms with Crippen molar-refractivity contribution in [2.24, 2.45) is 5.92 Å². The highest BCUT2D eigenvalue weighted by Crippen LogP contribution is 2.32. The van der Waals surface area contributed by atoms with Gasteiger partial charge in [0, 0.05) is 13.0 Å². The summed E-state index contributed by atoms with van der Waals surface area (Å²) in [7, 11) is 0. The first-order chi connectivity index (χ1) is 8.67. The molecule has 18 heavy (non-hydrogen) atoms. The van der Waals surface area contributed by atoms with Gasteiger partial charge < -0.3 is 10.1 Å². The Morgan fingerprint density at radius 3 is 2.94 bits per heavy atom. The van der Waals surface area contributed by atoms with Crippen molar-refractivity contribution in [3.05, 3.63) is 22.9 Å². The van der Waals surface area contributed by atoms with Crippen molar-refractivity contribution in [2.75, 3.05) is 11.9 Å². The number of pyridine rings is 1. The molecule has 2 rings (SSSR count). The molecule has 4 nitrogen and oxygen atoms in total. The lowest BCUT2D eigenvalue weighted by Gasteiger charge is -2.34. The predicted molar refractivity (Wildman–Crippen MR) is 73.3 cm³/mol. The molecule has 0 aliphatic heterocycles. The van der Waals surface area contributed by atoms with Crippen molar-refractivity contribution >= 4 is 27.5 Å². The molecule has 5 heteroatoms. The van der Waals surface area contributed by atoms with E-state index >= 15 is 0 Å². The second-order valence-electron chi connectivity index (χ2n) is 4.54. The van der Waals surface area contributed by atoms with Crippen LogP contribution in [-0.2, 0) is 9.53 Å². The Hall–Kier alpha value is -0.940. The molecule has 0 radical (unpaired) electrons. The summed E-state index contributed by atoms with van der Waals surface area (Å²) in [4.78, 5) is 15.8. The Morgan fingerprint density at radius 1 is 1.56 bits per heavy atom. The number of nitrogens with one attached hydrogen (secondary N) is 1. The molecule has 0 unspecified atom stereocenters. The number of halogens is 1. The molecular formula is C13H17BrN2O2. The maximum Gasteiger partial charge on any atom is 0.224 e. The van der Waals surface area contributed by atoms with Crippen LogP contribution in [0.2, 0.25) is 0 Å². The standard InChI is InChI=1S/C13H17BrN2O2/c1-2-18-11-5-9(6-11)7-13(17)16-10-3-4-12(14)15-8-10/h3-4,8-9,11H,2,5-7H2,1H3,(H,16,17). The van der Waals surface area contributed by atoms with E-state index < -0.39 is 0 Å². The van der Waals surface area contributed by atoms with Crippen LogP contribution in [-0.4, -0.2) is 23.6 Å². The summed E-state index contributed by atoms with van der Waals surface area (Å²) in [5.74, 6) is 0.518. The quantitative estimate of drug-likeness (QED) is 0.850. The molecule has 0 aromatic carbocycles. The zero-order valence-electron chi connectivity index (χ0n) is 10.4.